The largest absolute Gasteiger partial charge is 0.396 e. The number of rotatable bonds is 4. The van der Waals surface area contributed by atoms with Gasteiger partial charge >= 0.3 is 0 Å². The number of carbonyl (C=O) groups excluding carboxylic acids is 1. The summed E-state index contributed by atoms with van der Waals surface area (Å²) < 4.78 is 13.0. The highest BCUT2D eigenvalue weighted by Crippen LogP contribution is 2.16. The van der Waals surface area contributed by atoms with E-state index in [9.17, 15) is 9.18 Å². The average molecular weight is 272 g/mol. The number of nitrogen functional groups attached to an aromatic ring is 1. The molecular weight excluding hydrogens is 255 g/mol. The number of hydrogen-bond acceptors (Lipinski definition) is 2. The molecule has 3 nitrogen and oxygen atoms in total. The van der Waals surface area contributed by atoms with Crippen molar-refractivity contribution in [1.82, 2.24) is 0 Å². The van der Waals surface area contributed by atoms with Crippen molar-refractivity contribution >= 4 is 17.3 Å². The van der Waals surface area contributed by atoms with E-state index < -0.39 is 5.82 Å². The molecule has 0 bridgehead atoms. The lowest BCUT2D eigenvalue weighted by Gasteiger charge is -2.07. The van der Waals surface area contributed by atoms with Crippen LogP contribution in [0, 0.1) is 12.7 Å². The van der Waals surface area contributed by atoms with Gasteiger partial charge in [-0.05, 0) is 37.1 Å². The first kappa shape index (κ1) is 14.1. The fraction of sp³-hybridized carbons (Fsp3) is 0.188. The lowest BCUT2D eigenvalue weighted by molar-refractivity contribution is -0.116. The molecule has 0 fully saturated rings. The molecule has 4 heteroatoms. The summed E-state index contributed by atoms with van der Waals surface area (Å²) in [4.78, 5) is 11.8. The highest BCUT2D eigenvalue weighted by molar-refractivity contribution is 5.91. The molecule has 0 aromatic heterocycles. The summed E-state index contributed by atoms with van der Waals surface area (Å²) in [5.74, 6) is -0.597. The van der Waals surface area contributed by atoms with Crippen LogP contribution in [0.15, 0.2) is 42.5 Å². The quantitative estimate of drug-likeness (QED) is 0.839. The molecule has 1 amide bonds. The van der Waals surface area contributed by atoms with E-state index in [2.05, 4.69) is 11.4 Å². The minimum absolute atomic E-state index is 0.0292. The molecule has 0 radical (unpaired) electrons. The van der Waals surface area contributed by atoms with Crippen molar-refractivity contribution in [1.29, 1.82) is 0 Å². The van der Waals surface area contributed by atoms with Crippen LogP contribution < -0.4 is 11.1 Å². The summed E-state index contributed by atoms with van der Waals surface area (Å²) in [5.41, 5.74) is 8.29. The van der Waals surface area contributed by atoms with Crippen LogP contribution >= 0.6 is 0 Å². The fourth-order valence-corrected chi connectivity index (χ4v) is 1.97. The molecule has 2 aromatic carbocycles. The second-order valence-corrected chi connectivity index (χ2v) is 4.77. The summed E-state index contributed by atoms with van der Waals surface area (Å²) >= 11 is 0. The molecule has 0 aliphatic heterocycles. The van der Waals surface area contributed by atoms with Gasteiger partial charge in [-0.2, -0.15) is 0 Å². The lowest BCUT2D eigenvalue weighted by atomic mass is 10.1. The number of nitrogens with two attached hydrogens (primary N) is 1. The van der Waals surface area contributed by atoms with Crippen molar-refractivity contribution in [2.45, 2.75) is 19.8 Å². The fourth-order valence-electron chi connectivity index (χ4n) is 1.97. The molecule has 3 N–H and O–H groups in total. The minimum atomic E-state index is -0.484. The van der Waals surface area contributed by atoms with Crippen molar-refractivity contribution in [3.63, 3.8) is 0 Å². The Labute approximate surface area is 117 Å². The van der Waals surface area contributed by atoms with E-state index in [1.807, 2.05) is 25.1 Å². The Bertz CT molecular complexity index is 626. The van der Waals surface area contributed by atoms with Crippen LogP contribution in [0.5, 0.6) is 0 Å². The number of aryl methyl sites for hydroxylation is 2. The normalized spacial score (nSPS) is 10.3. The van der Waals surface area contributed by atoms with E-state index in [1.165, 1.54) is 23.8 Å². The number of hydrogen-bond donors (Lipinski definition) is 2. The maximum absolute atomic E-state index is 13.0. The van der Waals surface area contributed by atoms with E-state index in [0.29, 0.717) is 18.5 Å². The molecule has 0 aliphatic rings. The first-order valence-electron chi connectivity index (χ1n) is 6.45. The third kappa shape index (κ3) is 3.82. The summed E-state index contributed by atoms with van der Waals surface area (Å²) in [5, 5.41) is 2.71. The van der Waals surface area contributed by atoms with Crippen molar-refractivity contribution in [2.24, 2.45) is 0 Å². The van der Waals surface area contributed by atoms with Crippen molar-refractivity contribution in [3.05, 3.63) is 59.4 Å². The summed E-state index contributed by atoms with van der Waals surface area (Å²) in [6.07, 6.45) is 1.05. The molecular formula is C16H17FN2O. The topological polar surface area (TPSA) is 55.1 Å². The van der Waals surface area contributed by atoms with Gasteiger partial charge < -0.3 is 11.1 Å². The predicted octanol–water partition coefficient (Wildman–Crippen LogP) is 3.29. The van der Waals surface area contributed by atoms with E-state index in [-0.39, 0.29) is 11.6 Å². The van der Waals surface area contributed by atoms with E-state index >= 15 is 0 Å². The number of anilines is 2. The van der Waals surface area contributed by atoms with E-state index in [1.54, 1.807) is 0 Å². The Hall–Kier alpha value is -2.36. The first-order valence-corrected chi connectivity index (χ1v) is 6.45. The van der Waals surface area contributed by atoms with Gasteiger partial charge in [-0.3, -0.25) is 4.79 Å². The molecule has 0 aliphatic carbocycles. The molecule has 20 heavy (non-hydrogen) atoms. The molecule has 0 atom stereocenters. The molecule has 2 rings (SSSR count). The Kier molecular flexibility index (Phi) is 4.35. The third-order valence-corrected chi connectivity index (χ3v) is 3.00. The van der Waals surface area contributed by atoms with Gasteiger partial charge in [-0.1, -0.05) is 29.8 Å². The highest BCUT2D eigenvalue weighted by Gasteiger charge is 2.05. The standard InChI is InChI=1S/C16H17FN2O/c1-11-3-2-4-12(9-11)5-8-16(20)19-13-6-7-14(17)15(18)10-13/h2-4,6-7,9-10H,5,8,18H2,1H3,(H,19,20). The number of carbonyl (C=O) groups is 1. The van der Waals surface area contributed by atoms with Crippen LogP contribution in [0.1, 0.15) is 17.5 Å². The summed E-state index contributed by atoms with van der Waals surface area (Å²) in [7, 11) is 0. The molecule has 0 saturated carbocycles. The SMILES string of the molecule is Cc1cccc(CCC(=O)Nc2ccc(F)c(N)c2)c1. The second kappa shape index (κ2) is 6.19. The van der Waals surface area contributed by atoms with Gasteiger partial charge in [-0.15, -0.1) is 0 Å². The number of halogens is 1. The number of amides is 1. The van der Waals surface area contributed by atoms with Gasteiger partial charge in [0.25, 0.3) is 0 Å². The average Bonchev–Trinajstić information content (AvgIpc) is 2.41. The molecule has 0 spiro atoms. The van der Waals surface area contributed by atoms with Crippen LogP contribution in [-0.4, -0.2) is 5.91 Å². The molecule has 2 aromatic rings. The van der Waals surface area contributed by atoms with E-state index in [4.69, 9.17) is 5.73 Å². The van der Waals surface area contributed by atoms with Crippen LogP contribution in [-0.2, 0) is 11.2 Å². The smallest absolute Gasteiger partial charge is 0.224 e. The summed E-state index contributed by atoms with van der Waals surface area (Å²) in [6, 6.07) is 12.2. The van der Waals surface area contributed by atoms with Gasteiger partial charge in [0.1, 0.15) is 5.82 Å². The zero-order chi connectivity index (χ0) is 14.5. The van der Waals surface area contributed by atoms with Crippen LogP contribution in [0.2, 0.25) is 0 Å². The predicted molar refractivity (Wildman–Crippen MR) is 78.9 cm³/mol. The highest BCUT2D eigenvalue weighted by atomic mass is 19.1. The van der Waals surface area contributed by atoms with E-state index in [0.717, 1.165) is 5.56 Å². The lowest BCUT2D eigenvalue weighted by Crippen LogP contribution is -2.12. The molecule has 0 unspecified atom stereocenters. The summed E-state index contributed by atoms with van der Waals surface area (Å²) in [6.45, 7) is 2.02. The van der Waals surface area contributed by atoms with Gasteiger partial charge in [0.2, 0.25) is 5.91 Å². The molecule has 104 valence electrons. The first-order chi connectivity index (χ1) is 9.54. The maximum Gasteiger partial charge on any atom is 0.224 e. The van der Waals surface area contributed by atoms with Crippen LogP contribution in [0.3, 0.4) is 0 Å². The van der Waals surface area contributed by atoms with Crippen molar-refractivity contribution in [2.75, 3.05) is 11.1 Å². The van der Waals surface area contributed by atoms with Gasteiger partial charge in [0.15, 0.2) is 0 Å². The molecule has 0 heterocycles. The number of benzene rings is 2. The number of nitrogens with one attached hydrogen (secondary N) is 1. The Morgan fingerprint density at radius 1 is 1.25 bits per heavy atom. The Morgan fingerprint density at radius 2 is 2.05 bits per heavy atom. The van der Waals surface area contributed by atoms with Crippen LogP contribution in [0.25, 0.3) is 0 Å². The van der Waals surface area contributed by atoms with Gasteiger partial charge in [0, 0.05) is 12.1 Å². The third-order valence-electron chi connectivity index (χ3n) is 3.00. The second-order valence-electron chi connectivity index (χ2n) is 4.77. The molecule has 0 saturated heterocycles. The Balaban J connectivity index is 1.91. The van der Waals surface area contributed by atoms with Crippen molar-refractivity contribution in [3.8, 4) is 0 Å². The van der Waals surface area contributed by atoms with Crippen LogP contribution in [0.4, 0.5) is 15.8 Å². The minimum Gasteiger partial charge on any atom is -0.396 e. The zero-order valence-electron chi connectivity index (χ0n) is 11.3. The van der Waals surface area contributed by atoms with Crippen molar-refractivity contribution < 1.29 is 9.18 Å². The van der Waals surface area contributed by atoms with Gasteiger partial charge in [0.05, 0.1) is 5.69 Å². The monoisotopic (exact) mass is 272 g/mol. The zero-order valence-corrected chi connectivity index (χ0v) is 11.3. The Morgan fingerprint density at radius 3 is 2.75 bits per heavy atom. The maximum atomic E-state index is 13.0. The van der Waals surface area contributed by atoms with Gasteiger partial charge in [-0.25, -0.2) is 4.39 Å².